The fraction of sp³-hybridized carbons (Fsp3) is 0.333. The molecule has 158 valence electrons. The summed E-state index contributed by atoms with van der Waals surface area (Å²) in [5.74, 6) is 0. The molecule has 3 aromatic rings. The molecular weight excluding hydrogens is 422 g/mol. The summed E-state index contributed by atoms with van der Waals surface area (Å²) in [6, 6.07) is 9.97. The number of aromatic nitrogens is 1. The zero-order valence-electron chi connectivity index (χ0n) is 17.2. The van der Waals surface area contributed by atoms with Gasteiger partial charge in [-0.05, 0) is 44.2 Å². The number of non-ortho nitro benzene ring substituents is 1. The predicted molar refractivity (Wildman–Crippen MR) is 119 cm³/mol. The van der Waals surface area contributed by atoms with E-state index in [1.807, 2.05) is 43.7 Å². The Hall–Kier alpha value is -2.78. The summed E-state index contributed by atoms with van der Waals surface area (Å²) in [5.41, 5.74) is 1.04. The molecule has 3 rings (SSSR count). The first-order valence-electron chi connectivity index (χ1n) is 9.32. The fourth-order valence-electron chi connectivity index (χ4n) is 2.83. The van der Waals surface area contributed by atoms with Gasteiger partial charge < -0.3 is 9.64 Å². The van der Waals surface area contributed by atoms with Crippen LogP contribution in [0.2, 0.25) is 0 Å². The van der Waals surface area contributed by atoms with Crippen molar-refractivity contribution >= 4 is 34.5 Å². The van der Waals surface area contributed by atoms with Crippen molar-refractivity contribution in [1.82, 2.24) is 9.88 Å². The lowest BCUT2D eigenvalue weighted by Crippen LogP contribution is -2.37. The van der Waals surface area contributed by atoms with Crippen LogP contribution < -0.4 is 0 Å². The number of carbonyl (C=O) groups is 1. The molecule has 7 nitrogen and oxygen atoms in total. The minimum absolute atomic E-state index is 0.0319. The molecule has 1 aromatic carbocycles. The van der Waals surface area contributed by atoms with Crippen LogP contribution in [-0.4, -0.2) is 33.5 Å². The fourth-order valence-corrected chi connectivity index (χ4v) is 4.51. The highest BCUT2D eigenvalue weighted by molar-refractivity contribution is 7.20. The van der Waals surface area contributed by atoms with E-state index in [2.05, 4.69) is 0 Å². The maximum absolute atomic E-state index is 12.7. The third-order valence-electron chi connectivity index (χ3n) is 4.32. The van der Waals surface area contributed by atoms with E-state index in [0.29, 0.717) is 6.42 Å². The molecule has 1 atom stereocenters. The molecular formula is C21H23N3O4S2. The van der Waals surface area contributed by atoms with Gasteiger partial charge in [0.25, 0.3) is 5.69 Å². The Morgan fingerprint density at radius 2 is 1.93 bits per heavy atom. The zero-order valence-corrected chi connectivity index (χ0v) is 18.8. The van der Waals surface area contributed by atoms with E-state index in [4.69, 9.17) is 9.72 Å². The number of thiophene rings is 1. The van der Waals surface area contributed by atoms with Crippen LogP contribution in [0.3, 0.4) is 0 Å². The summed E-state index contributed by atoms with van der Waals surface area (Å²) in [5, 5.41) is 15.8. The molecule has 0 fully saturated rings. The van der Waals surface area contributed by atoms with E-state index < -0.39 is 16.6 Å². The van der Waals surface area contributed by atoms with Crippen LogP contribution in [0.5, 0.6) is 0 Å². The average Bonchev–Trinajstić information content (AvgIpc) is 3.36. The van der Waals surface area contributed by atoms with Gasteiger partial charge in [0, 0.05) is 24.6 Å². The molecule has 0 spiro atoms. The molecule has 0 aliphatic heterocycles. The quantitative estimate of drug-likeness (QED) is 0.347. The number of nitro benzene ring substituents is 1. The standard InChI is InChI=1S/C21H23N3O4S2/c1-21(2,3)28-20(25)23(4)17(12-14-7-9-15(10-8-14)24(26)27)16-13-30-19(22-16)18-6-5-11-29-18/h5-11,13,17H,12H2,1-4H3/t17-/m0/s1. The Bertz CT molecular complexity index is 1010. The third-order valence-corrected chi connectivity index (χ3v) is 6.22. The molecule has 2 heterocycles. The SMILES string of the molecule is CN(C(=O)OC(C)(C)C)[C@@H](Cc1ccc([N+](=O)[O-])cc1)c1csc(-c2cccs2)n1. The topological polar surface area (TPSA) is 85.6 Å². The van der Waals surface area contributed by atoms with Crippen molar-refractivity contribution in [1.29, 1.82) is 0 Å². The van der Waals surface area contributed by atoms with Gasteiger partial charge in [-0.2, -0.15) is 0 Å². The van der Waals surface area contributed by atoms with Crippen LogP contribution >= 0.6 is 22.7 Å². The molecule has 0 N–H and O–H groups in total. The van der Waals surface area contributed by atoms with Crippen LogP contribution in [0.1, 0.15) is 38.1 Å². The highest BCUT2D eigenvalue weighted by atomic mass is 32.1. The van der Waals surface area contributed by atoms with Crippen LogP contribution in [0.4, 0.5) is 10.5 Å². The van der Waals surface area contributed by atoms with Crippen molar-refractivity contribution in [2.75, 3.05) is 7.05 Å². The van der Waals surface area contributed by atoms with Crippen molar-refractivity contribution in [3.05, 3.63) is 68.5 Å². The molecule has 2 aromatic heterocycles. The number of rotatable bonds is 6. The van der Waals surface area contributed by atoms with Crippen LogP contribution in [0.25, 0.3) is 9.88 Å². The Balaban J connectivity index is 1.90. The number of likely N-dealkylation sites (N-methyl/N-ethyl adjacent to an activating group) is 1. The lowest BCUT2D eigenvalue weighted by atomic mass is 10.0. The van der Waals surface area contributed by atoms with Gasteiger partial charge in [0.05, 0.1) is 21.5 Å². The minimum atomic E-state index is -0.618. The highest BCUT2D eigenvalue weighted by Crippen LogP contribution is 2.33. The molecule has 0 aliphatic rings. The van der Waals surface area contributed by atoms with Gasteiger partial charge >= 0.3 is 6.09 Å². The predicted octanol–water partition coefficient (Wildman–Crippen LogP) is 5.93. The highest BCUT2D eigenvalue weighted by Gasteiger charge is 2.28. The summed E-state index contributed by atoms with van der Waals surface area (Å²) >= 11 is 3.14. The lowest BCUT2D eigenvalue weighted by Gasteiger charge is -2.30. The molecule has 0 saturated carbocycles. The van der Waals surface area contributed by atoms with Gasteiger partial charge in [-0.15, -0.1) is 22.7 Å². The molecule has 0 aliphatic carbocycles. The van der Waals surface area contributed by atoms with Gasteiger partial charge in [0.15, 0.2) is 0 Å². The second kappa shape index (κ2) is 8.93. The number of thiazole rings is 1. The van der Waals surface area contributed by atoms with Gasteiger partial charge in [-0.25, -0.2) is 9.78 Å². The van der Waals surface area contributed by atoms with E-state index in [1.165, 1.54) is 23.5 Å². The van der Waals surface area contributed by atoms with Crippen molar-refractivity contribution < 1.29 is 14.5 Å². The second-order valence-electron chi connectivity index (χ2n) is 7.79. The molecule has 1 amide bonds. The first-order valence-corrected chi connectivity index (χ1v) is 11.1. The minimum Gasteiger partial charge on any atom is -0.444 e. The molecule has 0 radical (unpaired) electrons. The third kappa shape index (κ3) is 5.43. The van der Waals surface area contributed by atoms with Gasteiger partial charge in [0.2, 0.25) is 0 Å². The molecule has 9 heteroatoms. The Morgan fingerprint density at radius 1 is 1.23 bits per heavy atom. The maximum atomic E-state index is 12.7. The largest absolute Gasteiger partial charge is 0.444 e. The van der Waals surface area contributed by atoms with E-state index in [1.54, 1.807) is 35.4 Å². The number of benzene rings is 1. The first-order chi connectivity index (χ1) is 14.1. The summed E-state index contributed by atoms with van der Waals surface area (Å²) in [7, 11) is 1.69. The average molecular weight is 446 g/mol. The molecule has 0 bridgehead atoms. The number of hydrogen-bond acceptors (Lipinski definition) is 7. The Kier molecular flexibility index (Phi) is 6.52. The molecule has 0 saturated heterocycles. The van der Waals surface area contributed by atoms with Gasteiger partial charge in [0.1, 0.15) is 10.6 Å². The van der Waals surface area contributed by atoms with Crippen molar-refractivity contribution in [3.63, 3.8) is 0 Å². The van der Waals surface area contributed by atoms with Gasteiger partial charge in [-0.3, -0.25) is 10.1 Å². The number of ether oxygens (including phenoxy) is 1. The number of hydrogen-bond donors (Lipinski definition) is 0. The number of nitrogens with zero attached hydrogens (tertiary/aromatic N) is 3. The van der Waals surface area contributed by atoms with Crippen LogP contribution in [0, 0.1) is 10.1 Å². The van der Waals surface area contributed by atoms with E-state index in [0.717, 1.165) is 21.1 Å². The van der Waals surface area contributed by atoms with Crippen molar-refractivity contribution in [3.8, 4) is 9.88 Å². The molecule has 30 heavy (non-hydrogen) atoms. The Labute approximate surface area is 183 Å². The normalized spacial score (nSPS) is 12.4. The molecule has 0 unspecified atom stereocenters. The lowest BCUT2D eigenvalue weighted by molar-refractivity contribution is -0.384. The summed E-state index contributed by atoms with van der Waals surface area (Å²) in [6.07, 6.45) is 0.0153. The first kappa shape index (κ1) is 21.9. The zero-order chi connectivity index (χ0) is 21.9. The van der Waals surface area contributed by atoms with Crippen molar-refractivity contribution in [2.24, 2.45) is 0 Å². The summed E-state index contributed by atoms with van der Waals surface area (Å²) < 4.78 is 5.54. The van der Waals surface area contributed by atoms with Crippen molar-refractivity contribution in [2.45, 2.75) is 38.8 Å². The number of nitro groups is 1. The number of carbonyl (C=O) groups excluding carboxylic acids is 1. The second-order valence-corrected chi connectivity index (χ2v) is 9.60. The summed E-state index contributed by atoms with van der Waals surface area (Å²) in [4.78, 5) is 30.6. The summed E-state index contributed by atoms with van der Waals surface area (Å²) in [6.45, 7) is 5.46. The number of amides is 1. The maximum Gasteiger partial charge on any atom is 0.410 e. The van der Waals surface area contributed by atoms with E-state index in [9.17, 15) is 14.9 Å². The van der Waals surface area contributed by atoms with E-state index >= 15 is 0 Å². The Morgan fingerprint density at radius 3 is 2.50 bits per heavy atom. The van der Waals surface area contributed by atoms with E-state index in [-0.39, 0.29) is 11.7 Å². The van der Waals surface area contributed by atoms with Gasteiger partial charge in [-0.1, -0.05) is 18.2 Å². The van der Waals surface area contributed by atoms with Crippen LogP contribution in [-0.2, 0) is 11.2 Å². The monoisotopic (exact) mass is 445 g/mol. The van der Waals surface area contributed by atoms with Crippen LogP contribution in [0.15, 0.2) is 47.2 Å². The smallest absolute Gasteiger partial charge is 0.410 e.